The second-order valence-corrected chi connectivity index (χ2v) is 3.94. The predicted octanol–water partition coefficient (Wildman–Crippen LogP) is 2.24. The van der Waals surface area contributed by atoms with Crippen LogP contribution in [0, 0.1) is 22.9 Å². The van der Waals surface area contributed by atoms with Crippen molar-refractivity contribution in [3.8, 4) is 0 Å². The van der Waals surface area contributed by atoms with Gasteiger partial charge >= 0.3 is 5.69 Å². The third-order valence-electron chi connectivity index (χ3n) is 2.74. The molecule has 1 atom stereocenters. The van der Waals surface area contributed by atoms with Crippen LogP contribution in [0.2, 0.25) is 0 Å². The number of nitro groups is 1. The van der Waals surface area contributed by atoms with Crippen molar-refractivity contribution >= 4 is 5.69 Å². The maximum atomic E-state index is 13.2. The van der Waals surface area contributed by atoms with Gasteiger partial charge in [0, 0.05) is 11.3 Å². The Bertz CT molecular complexity index is 596. The van der Waals surface area contributed by atoms with E-state index in [0.29, 0.717) is 11.3 Å². The van der Waals surface area contributed by atoms with Gasteiger partial charge in [-0.3, -0.25) is 19.8 Å². The molecule has 2 aromatic heterocycles. The van der Waals surface area contributed by atoms with Crippen LogP contribution in [0.1, 0.15) is 24.2 Å². The number of halogens is 1. The minimum Gasteiger partial charge on any atom is -0.258 e. The molecule has 0 N–H and O–H groups in total. The average molecular weight is 250 g/mol. The molecule has 0 bridgehead atoms. The van der Waals surface area contributed by atoms with Gasteiger partial charge in [-0.2, -0.15) is 5.10 Å². The fourth-order valence-corrected chi connectivity index (χ4v) is 1.72. The third-order valence-corrected chi connectivity index (χ3v) is 2.74. The van der Waals surface area contributed by atoms with Crippen molar-refractivity contribution in [3.63, 3.8) is 0 Å². The smallest absolute Gasteiger partial charge is 0.258 e. The molecule has 0 saturated heterocycles. The molecule has 7 heteroatoms. The lowest BCUT2D eigenvalue weighted by atomic mass is 10.1. The van der Waals surface area contributed by atoms with Gasteiger partial charge in [-0.1, -0.05) is 0 Å². The van der Waals surface area contributed by atoms with Crippen molar-refractivity contribution in [2.24, 2.45) is 0 Å². The van der Waals surface area contributed by atoms with E-state index in [2.05, 4.69) is 10.1 Å². The molecule has 0 aliphatic heterocycles. The van der Waals surface area contributed by atoms with Gasteiger partial charge in [-0.05, 0) is 19.9 Å². The highest BCUT2D eigenvalue weighted by atomic mass is 19.1. The fourth-order valence-electron chi connectivity index (χ4n) is 1.72. The maximum absolute atomic E-state index is 13.2. The quantitative estimate of drug-likeness (QED) is 0.618. The molecule has 0 amide bonds. The van der Waals surface area contributed by atoms with Crippen LogP contribution in [0.25, 0.3) is 0 Å². The van der Waals surface area contributed by atoms with E-state index in [-0.39, 0.29) is 11.7 Å². The zero-order chi connectivity index (χ0) is 13.3. The molecule has 0 aliphatic rings. The summed E-state index contributed by atoms with van der Waals surface area (Å²) in [4.78, 5) is 14.0. The normalized spacial score (nSPS) is 12.4. The number of aryl methyl sites for hydroxylation is 1. The van der Waals surface area contributed by atoms with E-state index in [1.807, 2.05) is 0 Å². The van der Waals surface area contributed by atoms with Gasteiger partial charge in [-0.15, -0.1) is 0 Å². The highest BCUT2D eigenvalue weighted by Crippen LogP contribution is 2.22. The molecule has 94 valence electrons. The minimum atomic E-state index is -0.521. The third kappa shape index (κ3) is 2.20. The van der Waals surface area contributed by atoms with Crippen molar-refractivity contribution < 1.29 is 9.31 Å². The van der Waals surface area contributed by atoms with E-state index in [0.717, 1.165) is 6.20 Å². The van der Waals surface area contributed by atoms with Gasteiger partial charge in [0.25, 0.3) is 0 Å². The molecule has 2 heterocycles. The number of pyridine rings is 1. The molecule has 0 aliphatic carbocycles. The summed E-state index contributed by atoms with van der Waals surface area (Å²) < 4.78 is 14.6. The van der Waals surface area contributed by atoms with Gasteiger partial charge in [0.05, 0.1) is 17.2 Å². The summed E-state index contributed by atoms with van der Waals surface area (Å²) in [6.45, 7) is 3.53. The first-order chi connectivity index (χ1) is 8.49. The minimum absolute atomic E-state index is 0.0936. The largest absolute Gasteiger partial charge is 0.307 e. The Morgan fingerprint density at radius 1 is 1.50 bits per heavy atom. The maximum Gasteiger partial charge on any atom is 0.307 e. The Labute approximate surface area is 102 Å². The summed E-state index contributed by atoms with van der Waals surface area (Å²) in [7, 11) is 0. The molecule has 2 aromatic rings. The number of hydrogen-bond donors (Lipinski definition) is 0. The van der Waals surface area contributed by atoms with Crippen molar-refractivity contribution in [3.05, 3.63) is 51.8 Å². The monoisotopic (exact) mass is 250 g/mol. The molecular formula is C11H11FN4O2. The zero-order valence-corrected chi connectivity index (χ0v) is 9.87. The van der Waals surface area contributed by atoms with Crippen LogP contribution in [0.4, 0.5) is 10.1 Å². The summed E-state index contributed by atoms with van der Waals surface area (Å²) in [5.74, 6) is -0.441. The van der Waals surface area contributed by atoms with Gasteiger partial charge in [0.1, 0.15) is 18.2 Å². The van der Waals surface area contributed by atoms with Gasteiger partial charge in [-0.25, -0.2) is 4.39 Å². The van der Waals surface area contributed by atoms with E-state index < -0.39 is 10.7 Å². The molecule has 2 rings (SSSR count). The number of hydrogen-bond acceptors (Lipinski definition) is 4. The predicted molar refractivity (Wildman–Crippen MR) is 61.6 cm³/mol. The summed E-state index contributed by atoms with van der Waals surface area (Å²) in [6, 6.07) is 1.04. The molecule has 1 unspecified atom stereocenters. The van der Waals surface area contributed by atoms with Crippen molar-refractivity contribution in [2.75, 3.05) is 0 Å². The van der Waals surface area contributed by atoms with Gasteiger partial charge < -0.3 is 0 Å². The summed E-state index contributed by atoms with van der Waals surface area (Å²) >= 11 is 0. The first kappa shape index (κ1) is 12.2. The fraction of sp³-hybridized carbons (Fsp3) is 0.273. The van der Waals surface area contributed by atoms with Crippen molar-refractivity contribution in [1.82, 2.24) is 14.8 Å². The molecular weight excluding hydrogens is 239 g/mol. The highest BCUT2D eigenvalue weighted by molar-refractivity contribution is 5.26. The lowest BCUT2D eigenvalue weighted by Crippen LogP contribution is -2.10. The molecule has 6 nitrogen and oxygen atoms in total. The molecule has 0 radical (unpaired) electrons. The van der Waals surface area contributed by atoms with Crippen LogP contribution in [-0.2, 0) is 0 Å². The molecule has 0 spiro atoms. The first-order valence-electron chi connectivity index (χ1n) is 5.29. The lowest BCUT2D eigenvalue weighted by molar-refractivity contribution is -0.385. The Morgan fingerprint density at radius 2 is 2.22 bits per heavy atom. The summed E-state index contributed by atoms with van der Waals surface area (Å²) in [6.07, 6.45) is 3.62. The van der Waals surface area contributed by atoms with Gasteiger partial charge in [0.15, 0.2) is 0 Å². The van der Waals surface area contributed by atoms with Crippen LogP contribution in [0.3, 0.4) is 0 Å². The molecule has 18 heavy (non-hydrogen) atoms. The van der Waals surface area contributed by atoms with E-state index in [9.17, 15) is 14.5 Å². The van der Waals surface area contributed by atoms with E-state index >= 15 is 0 Å². The van der Waals surface area contributed by atoms with E-state index in [1.165, 1.54) is 23.1 Å². The van der Waals surface area contributed by atoms with Crippen LogP contribution < -0.4 is 0 Å². The molecule has 0 saturated carbocycles. The number of rotatable bonds is 3. The second kappa shape index (κ2) is 4.52. The first-order valence-corrected chi connectivity index (χ1v) is 5.29. The SMILES string of the molecule is Cc1ncc(F)cc1C(C)n1cc([N+](=O)[O-])cn1. The Kier molecular flexibility index (Phi) is 3.05. The topological polar surface area (TPSA) is 73.8 Å². The molecule has 0 fully saturated rings. The summed E-state index contributed by atoms with van der Waals surface area (Å²) in [5.41, 5.74) is 1.22. The second-order valence-electron chi connectivity index (χ2n) is 3.94. The number of nitrogens with zero attached hydrogens (tertiary/aromatic N) is 4. The molecule has 0 aromatic carbocycles. The number of aromatic nitrogens is 3. The highest BCUT2D eigenvalue weighted by Gasteiger charge is 2.16. The zero-order valence-electron chi connectivity index (χ0n) is 9.87. The Balaban J connectivity index is 2.37. The van der Waals surface area contributed by atoms with Crippen LogP contribution in [-0.4, -0.2) is 19.7 Å². The Morgan fingerprint density at radius 3 is 2.83 bits per heavy atom. The van der Waals surface area contributed by atoms with Crippen molar-refractivity contribution in [2.45, 2.75) is 19.9 Å². The van der Waals surface area contributed by atoms with E-state index in [4.69, 9.17) is 0 Å². The van der Waals surface area contributed by atoms with Crippen molar-refractivity contribution in [1.29, 1.82) is 0 Å². The van der Waals surface area contributed by atoms with Crippen LogP contribution >= 0.6 is 0 Å². The van der Waals surface area contributed by atoms with Gasteiger partial charge in [0.2, 0.25) is 0 Å². The van der Waals surface area contributed by atoms with Crippen LogP contribution in [0.15, 0.2) is 24.7 Å². The summed E-state index contributed by atoms with van der Waals surface area (Å²) in [5, 5.41) is 14.5. The standard InChI is InChI=1S/C11H11FN4O2/c1-7-11(3-9(12)4-13-7)8(2)15-6-10(5-14-15)16(17)18/h3-6,8H,1-2H3. The average Bonchev–Trinajstić information content (AvgIpc) is 2.81. The lowest BCUT2D eigenvalue weighted by Gasteiger charge is -2.14. The Hall–Kier alpha value is -2.31. The van der Waals surface area contributed by atoms with E-state index in [1.54, 1.807) is 13.8 Å². The van der Waals surface area contributed by atoms with Crippen LogP contribution in [0.5, 0.6) is 0 Å².